The van der Waals surface area contributed by atoms with Crippen LogP contribution in [0.5, 0.6) is 17.4 Å². The fraction of sp³-hybridized carbons (Fsp3) is 0.389. The van der Waals surface area contributed by atoms with Gasteiger partial charge in [-0.15, -0.1) is 0 Å². The average molecular weight is 343 g/mol. The van der Waals surface area contributed by atoms with Crippen LogP contribution in [-0.4, -0.2) is 33.7 Å². The first-order chi connectivity index (χ1) is 12.0. The van der Waals surface area contributed by atoms with Gasteiger partial charge in [0.05, 0.1) is 24.1 Å². The smallest absolute Gasteiger partial charge is 0.335 e. The molecule has 3 rings (SSSR count). The van der Waals surface area contributed by atoms with Crippen LogP contribution in [-0.2, 0) is 0 Å². The molecule has 1 fully saturated rings. The second-order valence-electron chi connectivity index (χ2n) is 6.33. The molecule has 0 atom stereocenters. The highest BCUT2D eigenvalue weighted by Crippen LogP contribution is 2.29. The summed E-state index contributed by atoms with van der Waals surface area (Å²) in [7, 11) is 0. The minimum Gasteiger partial charge on any atom is -0.491 e. The molecular formula is C18H21N3O4. The lowest BCUT2D eigenvalue weighted by molar-refractivity contribution is 0.0695. The van der Waals surface area contributed by atoms with E-state index in [-0.39, 0.29) is 17.5 Å². The number of carboxylic acids is 1. The molecule has 7 nitrogen and oxygen atoms in total. The maximum absolute atomic E-state index is 11.3. The van der Waals surface area contributed by atoms with E-state index in [4.69, 9.17) is 9.47 Å². The van der Waals surface area contributed by atoms with Gasteiger partial charge in [0.15, 0.2) is 0 Å². The molecule has 1 aliphatic carbocycles. The summed E-state index contributed by atoms with van der Waals surface area (Å²) >= 11 is 0. The van der Waals surface area contributed by atoms with Crippen LogP contribution in [0.4, 0.5) is 5.82 Å². The molecule has 0 radical (unpaired) electrons. The van der Waals surface area contributed by atoms with Crippen LogP contribution in [0, 0.1) is 5.92 Å². The fourth-order valence-electron chi connectivity index (χ4n) is 2.25. The summed E-state index contributed by atoms with van der Waals surface area (Å²) in [6.07, 6.45) is 5.56. The summed E-state index contributed by atoms with van der Waals surface area (Å²) in [4.78, 5) is 19.7. The van der Waals surface area contributed by atoms with Gasteiger partial charge < -0.3 is 19.9 Å². The number of hydrogen-bond acceptors (Lipinski definition) is 6. The normalized spacial score (nSPS) is 13.6. The lowest BCUT2D eigenvalue weighted by Gasteiger charge is -2.12. The molecule has 0 bridgehead atoms. The molecule has 2 N–H and O–H groups in total. The molecule has 0 aliphatic heterocycles. The van der Waals surface area contributed by atoms with Crippen molar-refractivity contribution in [2.75, 3.05) is 11.9 Å². The number of carboxylic acid groups (broad SMARTS) is 1. The monoisotopic (exact) mass is 343 g/mol. The summed E-state index contributed by atoms with van der Waals surface area (Å²) in [5.41, 5.74) is 0.0869. The highest BCUT2D eigenvalue weighted by molar-refractivity contribution is 5.88. The maximum Gasteiger partial charge on any atom is 0.335 e. The standard InChI is InChI=1S/C18H21N3O4/c1-11(2)24-14-5-13(18(22)23)6-15(7-14)25-17-10-20-16(9-21-17)19-8-12-3-4-12/h5-7,9-12H,3-4,8H2,1-2H3,(H,19,20)(H,22,23). The zero-order valence-corrected chi connectivity index (χ0v) is 14.2. The van der Waals surface area contributed by atoms with Crippen molar-refractivity contribution in [3.05, 3.63) is 36.2 Å². The Morgan fingerprint density at radius 3 is 2.60 bits per heavy atom. The number of rotatable bonds is 8. The van der Waals surface area contributed by atoms with Crippen molar-refractivity contribution in [3.8, 4) is 17.4 Å². The summed E-state index contributed by atoms with van der Waals surface area (Å²) in [6, 6.07) is 4.52. The minimum atomic E-state index is -1.05. The molecule has 1 aromatic heterocycles. The Hall–Kier alpha value is -2.83. The van der Waals surface area contributed by atoms with Crippen molar-refractivity contribution in [1.29, 1.82) is 0 Å². The van der Waals surface area contributed by atoms with Crippen LogP contribution in [0.3, 0.4) is 0 Å². The molecular weight excluding hydrogens is 322 g/mol. The van der Waals surface area contributed by atoms with Gasteiger partial charge in [-0.1, -0.05) is 0 Å². The zero-order chi connectivity index (χ0) is 17.8. The third-order valence-corrected chi connectivity index (χ3v) is 3.62. The van der Waals surface area contributed by atoms with Crippen molar-refractivity contribution in [2.24, 2.45) is 5.92 Å². The summed E-state index contributed by atoms with van der Waals surface area (Å²) in [5, 5.41) is 12.5. The molecule has 0 spiro atoms. The topological polar surface area (TPSA) is 93.6 Å². The van der Waals surface area contributed by atoms with Crippen molar-refractivity contribution in [2.45, 2.75) is 32.8 Å². The van der Waals surface area contributed by atoms with Crippen molar-refractivity contribution in [3.63, 3.8) is 0 Å². The molecule has 7 heteroatoms. The Balaban J connectivity index is 1.71. The molecule has 0 unspecified atom stereocenters. The molecule has 1 saturated carbocycles. The van der Waals surface area contributed by atoms with Crippen LogP contribution in [0.25, 0.3) is 0 Å². The second-order valence-corrected chi connectivity index (χ2v) is 6.33. The number of ether oxygens (including phenoxy) is 2. The van der Waals surface area contributed by atoms with Crippen molar-refractivity contribution in [1.82, 2.24) is 9.97 Å². The molecule has 1 aliphatic rings. The Morgan fingerprint density at radius 2 is 2.00 bits per heavy atom. The number of benzene rings is 1. The quantitative estimate of drug-likeness (QED) is 0.756. The van der Waals surface area contributed by atoms with Gasteiger partial charge in [-0.2, -0.15) is 0 Å². The van der Waals surface area contributed by atoms with Crippen LogP contribution < -0.4 is 14.8 Å². The number of nitrogens with one attached hydrogen (secondary N) is 1. The molecule has 25 heavy (non-hydrogen) atoms. The Labute approximate surface area is 146 Å². The largest absolute Gasteiger partial charge is 0.491 e. The van der Waals surface area contributed by atoms with Crippen molar-refractivity contribution < 1.29 is 19.4 Å². The number of aromatic nitrogens is 2. The van der Waals surface area contributed by atoms with Gasteiger partial charge in [0.1, 0.15) is 17.3 Å². The SMILES string of the molecule is CC(C)Oc1cc(Oc2cnc(NCC3CC3)cn2)cc(C(=O)O)c1. The number of anilines is 1. The molecule has 1 aromatic carbocycles. The minimum absolute atomic E-state index is 0.0755. The number of hydrogen-bond donors (Lipinski definition) is 2. The highest BCUT2D eigenvalue weighted by atomic mass is 16.5. The number of aromatic carboxylic acids is 1. The van der Waals surface area contributed by atoms with Gasteiger partial charge in [0, 0.05) is 12.6 Å². The number of carbonyl (C=O) groups is 1. The van der Waals surface area contributed by atoms with Gasteiger partial charge in [-0.25, -0.2) is 14.8 Å². The van der Waals surface area contributed by atoms with E-state index in [1.165, 1.54) is 31.2 Å². The van der Waals surface area contributed by atoms with Crippen molar-refractivity contribution >= 4 is 11.8 Å². The number of nitrogens with zero attached hydrogens (tertiary/aromatic N) is 2. The lowest BCUT2D eigenvalue weighted by Crippen LogP contribution is -2.07. The van der Waals surface area contributed by atoms with E-state index in [1.807, 2.05) is 13.8 Å². The van der Waals surface area contributed by atoms with Gasteiger partial charge in [-0.05, 0) is 44.7 Å². The van der Waals surface area contributed by atoms with Crippen LogP contribution in [0.15, 0.2) is 30.6 Å². The third kappa shape index (κ3) is 5.07. The molecule has 1 heterocycles. The Morgan fingerprint density at radius 1 is 1.24 bits per heavy atom. The molecule has 2 aromatic rings. The molecule has 0 amide bonds. The van der Waals surface area contributed by atoms with E-state index in [0.717, 1.165) is 12.5 Å². The maximum atomic E-state index is 11.3. The van der Waals surface area contributed by atoms with Gasteiger partial charge in [-0.3, -0.25) is 0 Å². The van der Waals surface area contributed by atoms with E-state index < -0.39 is 5.97 Å². The first-order valence-corrected chi connectivity index (χ1v) is 8.28. The Bertz CT molecular complexity index is 742. The third-order valence-electron chi connectivity index (χ3n) is 3.62. The van der Waals surface area contributed by atoms with Gasteiger partial charge in [0.2, 0.25) is 5.88 Å². The predicted octanol–water partition coefficient (Wildman–Crippen LogP) is 3.58. The molecule has 0 saturated heterocycles. The fourth-order valence-corrected chi connectivity index (χ4v) is 2.25. The van der Waals surface area contributed by atoms with Gasteiger partial charge >= 0.3 is 5.97 Å². The summed E-state index contributed by atoms with van der Waals surface area (Å²) < 4.78 is 11.2. The average Bonchev–Trinajstić information content (AvgIpc) is 3.37. The van der Waals surface area contributed by atoms with E-state index in [2.05, 4.69) is 15.3 Å². The lowest BCUT2D eigenvalue weighted by atomic mass is 10.2. The summed E-state index contributed by atoms with van der Waals surface area (Å²) in [6.45, 7) is 4.64. The van der Waals surface area contributed by atoms with E-state index in [9.17, 15) is 9.90 Å². The summed E-state index contributed by atoms with van der Waals surface area (Å²) in [5.74, 6) is 1.45. The van der Waals surface area contributed by atoms with E-state index in [1.54, 1.807) is 12.3 Å². The van der Waals surface area contributed by atoms with E-state index >= 15 is 0 Å². The van der Waals surface area contributed by atoms with Gasteiger partial charge in [0.25, 0.3) is 0 Å². The highest BCUT2D eigenvalue weighted by Gasteiger charge is 2.20. The zero-order valence-electron chi connectivity index (χ0n) is 14.2. The van der Waals surface area contributed by atoms with Crippen LogP contribution in [0.2, 0.25) is 0 Å². The first-order valence-electron chi connectivity index (χ1n) is 8.28. The van der Waals surface area contributed by atoms with E-state index in [0.29, 0.717) is 17.3 Å². The Kier molecular flexibility index (Phi) is 5.02. The second kappa shape index (κ2) is 7.38. The van der Waals surface area contributed by atoms with Crippen LogP contribution in [0.1, 0.15) is 37.0 Å². The van der Waals surface area contributed by atoms with Crippen LogP contribution >= 0.6 is 0 Å². The predicted molar refractivity (Wildman–Crippen MR) is 92.5 cm³/mol. The molecule has 132 valence electrons. The first kappa shape index (κ1) is 17.0.